The number of hydrogen-bond donors (Lipinski definition) is 1. The van der Waals surface area contributed by atoms with Crippen LogP contribution in [0.25, 0.3) is 0 Å². The standard InChI is InChI=1S/C23H36N2O2/c1-4-5-7-18-9-11-20(12-10-18)25-16-19-14-23(2,3)21(25)17-24(15-19)22(27)8-6-13-26/h9-12,19,21,26H,4-8,13-17H2,1-3H3. The Morgan fingerprint density at radius 3 is 2.56 bits per heavy atom. The molecule has 2 unspecified atom stereocenters. The molecule has 1 aromatic rings. The third-order valence-corrected chi connectivity index (χ3v) is 6.41. The summed E-state index contributed by atoms with van der Waals surface area (Å²) < 4.78 is 0. The zero-order valence-corrected chi connectivity index (χ0v) is 17.3. The molecule has 2 bridgehead atoms. The number of benzene rings is 1. The number of carbonyl (C=O) groups excluding carboxylic acids is 1. The van der Waals surface area contributed by atoms with Crippen molar-refractivity contribution < 1.29 is 9.90 Å². The highest BCUT2D eigenvalue weighted by molar-refractivity contribution is 5.76. The molecule has 4 nitrogen and oxygen atoms in total. The van der Waals surface area contributed by atoms with Gasteiger partial charge in [0.05, 0.1) is 6.04 Å². The van der Waals surface area contributed by atoms with E-state index in [1.165, 1.54) is 30.5 Å². The number of anilines is 1. The second-order valence-corrected chi connectivity index (χ2v) is 9.12. The molecule has 3 aliphatic heterocycles. The number of nitrogens with zero attached hydrogens (tertiary/aromatic N) is 2. The molecule has 1 N–H and O–H groups in total. The van der Waals surface area contributed by atoms with E-state index in [-0.39, 0.29) is 17.9 Å². The highest BCUT2D eigenvalue weighted by Gasteiger charge is 2.46. The first kappa shape index (κ1) is 20.2. The molecule has 27 heavy (non-hydrogen) atoms. The SMILES string of the molecule is CCCCc1ccc(N2CC3CN(C(=O)CCCO)CC2C(C)(C)C3)cc1. The number of aliphatic hydroxyl groups excluding tert-OH is 1. The van der Waals surface area contributed by atoms with E-state index in [2.05, 4.69) is 54.8 Å². The lowest BCUT2D eigenvalue weighted by atomic mass is 9.73. The fraction of sp³-hybridized carbons (Fsp3) is 0.696. The van der Waals surface area contributed by atoms with Crippen molar-refractivity contribution in [3.05, 3.63) is 29.8 Å². The normalized spacial score (nSPS) is 24.1. The molecule has 3 saturated heterocycles. The van der Waals surface area contributed by atoms with Gasteiger partial charge in [-0.05, 0) is 54.7 Å². The predicted octanol–water partition coefficient (Wildman–Crippen LogP) is 3.87. The van der Waals surface area contributed by atoms with Crippen LogP contribution in [-0.4, -0.2) is 48.2 Å². The van der Waals surface area contributed by atoms with Gasteiger partial charge in [0.15, 0.2) is 0 Å². The Bertz CT molecular complexity index is 626. The largest absolute Gasteiger partial charge is 0.396 e. The minimum absolute atomic E-state index is 0.0917. The minimum atomic E-state index is 0.0917. The van der Waals surface area contributed by atoms with Crippen LogP contribution in [0.2, 0.25) is 0 Å². The van der Waals surface area contributed by atoms with Crippen LogP contribution in [0, 0.1) is 11.3 Å². The van der Waals surface area contributed by atoms with Crippen LogP contribution in [0.3, 0.4) is 0 Å². The van der Waals surface area contributed by atoms with Gasteiger partial charge in [-0.15, -0.1) is 0 Å². The van der Waals surface area contributed by atoms with E-state index in [4.69, 9.17) is 5.11 Å². The summed E-state index contributed by atoms with van der Waals surface area (Å²) in [6.07, 6.45) is 5.82. The van der Waals surface area contributed by atoms with Gasteiger partial charge in [-0.25, -0.2) is 0 Å². The minimum Gasteiger partial charge on any atom is -0.396 e. The van der Waals surface area contributed by atoms with Crippen LogP contribution in [0.5, 0.6) is 0 Å². The molecule has 4 heteroatoms. The molecule has 1 amide bonds. The Hall–Kier alpha value is -1.55. The molecule has 4 rings (SSSR count). The van der Waals surface area contributed by atoms with Crippen molar-refractivity contribution in [2.24, 2.45) is 11.3 Å². The van der Waals surface area contributed by atoms with Gasteiger partial charge in [-0.1, -0.05) is 39.3 Å². The molecule has 150 valence electrons. The third kappa shape index (κ3) is 4.66. The maximum atomic E-state index is 12.6. The summed E-state index contributed by atoms with van der Waals surface area (Å²) in [5, 5.41) is 9.06. The van der Waals surface area contributed by atoms with Crippen molar-refractivity contribution in [1.82, 2.24) is 4.90 Å². The molecule has 0 aliphatic carbocycles. The average Bonchev–Trinajstić information content (AvgIpc) is 2.92. The number of piperidine rings is 1. The van der Waals surface area contributed by atoms with Gasteiger partial charge in [-0.3, -0.25) is 4.79 Å². The summed E-state index contributed by atoms with van der Waals surface area (Å²) in [4.78, 5) is 17.2. The smallest absolute Gasteiger partial charge is 0.222 e. The monoisotopic (exact) mass is 372 g/mol. The highest BCUT2D eigenvalue weighted by atomic mass is 16.3. The Morgan fingerprint density at radius 2 is 1.89 bits per heavy atom. The predicted molar refractivity (Wildman–Crippen MR) is 111 cm³/mol. The summed E-state index contributed by atoms with van der Waals surface area (Å²) >= 11 is 0. The fourth-order valence-corrected chi connectivity index (χ4v) is 4.95. The second-order valence-electron chi connectivity index (χ2n) is 9.12. The van der Waals surface area contributed by atoms with Crippen LogP contribution in [0.1, 0.15) is 58.4 Å². The molecular weight excluding hydrogens is 336 g/mol. The van der Waals surface area contributed by atoms with Crippen molar-refractivity contribution in [1.29, 1.82) is 0 Å². The summed E-state index contributed by atoms with van der Waals surface area (Å²) in [6.45, 7) is 9.72. The lowest BCUT2D eigenvalue weighted by Crippen LogP contribution is -2.54. The third-order valence-electron chi connectivity index (χ3n) is 6.41. The average molecular weight is 373 g/mol. The summed E-state index contributed by atoms with van der Waals surface area (Å²) in [5.41, 5.74) is 2.90. The molecule has 3 aliphatic rings. The molecule has 0 radical (unpaired) electrons. The van der Waals surface area contributed by atoms with Crippen LogP contribution in [-0.2, 0) is 11.2 Å². The van der Waals surface area contributed by atoms with Crippen LogP contribution in [0.4, 0.5) is 5.69 Å². The molecule has 1 aromatic carbocycles. The number of fused-ring (bicyclic) bond motifs is 4. The van der Waals surface area contributed by atoms with E-state index in [0.717, 1.165) is 26.1 Å². The number of hydrogen-bond acceptors (Lipinski definition) is 3. The summed E-state index contributed by atoms with van der Waals surface area (Å²) in [5.74, 6) is 0.713. The zero-order chi connectivity index (χ0) is 19.4. The first-order valence-corrected chi connectivity index (χ1v) is 10.7. The Kier molecular flexibility index (Phi) is 6.46. The van der Waals surface area contributed by atoms with Gasteiger partial charge in [-0.2, -0.15) is 0 Å². The van der Waals surface area contributed by atoms with Crippen LogP contribution >= 0.6 is 0 Å². The Labute approximate surface area is 164 Å². The van der Waals surface area contributed by atoms with Gasteiger partial charge in [0.25, 0.3) is 0 Å². The second kappa shape index (κ2) is 8.64. The van der Waals surface area contributed by atoms with E-state index in [1.807, 2.05) is 0 Å². The number of carbonyl (C=O) groups is 1. The molecule has 0 aromatic heterocycles. The number of amides is 1. The highest BCUT2D eigenvalue weighted by Crippen LogP contribution is 2.43. The lowest BCUT2D eigenvalue weighted by Gasteiger charge is -2.48. The van der Waals surface area contributed by atoms with Crippen molar-refractivity contribution in [2.45, 2.75) is 65.3 Å². The first-order chi connectivity index (χ1) is 12.9. The van der Waals surface area contributed by atoms with E-state index in [9.17, 15) is 4.79 Å². The molecule has 3 heterocycles. The molecule has 3 fully saturated rings. The fourth-order valence-electron chi connectivity index (χ4n) is 4.95. The van der Waals surface area contributed by atoms with Crippen molar-refractivity contribution in [3.63, 3.8) is 0 Å². The molecule has 2 atom stereocenters. The maximum Gasteiger partial charge on any atom is 0.222 e. The quantitative estimate of drug-likeness (QED) is 0.790. The van der Waals surface area contributed by atoms with Gasteiger partial charge in [0.2, 0.25) is 5.91 Å². The van der Waals surface area contributed by atoms with E-state index in [0.29, 0.717) is 24.8 Å². The topological polar surface area (TPSA) is 43.8 Å². The zero-order valence-electron chi connectivity index (χ0n) is 17.3. The number of rotatable bonds is 7. The first-order valence-electron chi connectivity index (χ1n) is 10.7. The van der Waals surface area contributed by atoms with Crippen molar-refractivity contribution >= 4 is 11.6 Å². The number of aliphatic hydroxyl groups is 1. The van der Waals surface area contributed by atoms with Gasteiger partial charge >= 0.3 is 0 Å². The number of aryl methyl sites for hydroxylation is 1. The van der Waals surface area contributed by atoms with E-state index < -0.39 is 0 Å². The van der Waals surface area contributed by atoms with Gasteiger partial charge < -0.3 is 14.9 Å². The molecule has 0 saturated carbocycles. The van der Waals surface area contributed by atoms with E-state index >= 15 is 0 Å². The van der Waals surface area contributed by atoms with Gasteiger partial charge in [0, 0.05) is 38.3 Å². The number of unbranched alkanes of at least 4 members (excludes halogenated alkanes) is 1. The van der Waals surface area contributed by atoms with Crippen molar-refractivity contribution in [3.8, 4) is 0 Å². The van der Waals surface area contributed by atoms with Gasteiger partial charge in [0.1, 0.15) is 0 Å². The Morgan fingerprint density at radius 1 is 1.15 bits per heavy atom. The van der Waals surface area contributed by atoms with Crippen LogP contribution < -0.4 is 4.90 Å². The molecule has 0 spiro atoms. The molecular formula is C23H36N2O2. The Balaban J connectivity index is 1.78. The van der Waals surface area contributed by atoms with Crippen molar-refractivity contribution in [2.75, 3.05) is 31.1 Å². The summed E-state index contributed by atoms with van der Waals surface area (Å²) in [6, 6.07) is 9.46. The van der Waals surface area contributed by atoms with Crippen LogP contribution in [0.15, 0.2) is 24.3 Å². The van der Waals surface area contributed by atoms with E-state index in [1.54, 1.807) is 0 Å². The summed E-state index contributed by atoms with van der Waals surface area (Å²) in [7, 11) is 0. The lowest BCUT2D eigenvalue weighted by molar-refractivity contribution is -0.131. The maximum absolute atomic E-state index is 12.6.